The van der Waals surface area contributed by atoms with Crippen LogP contribution in [0.4, 0.5) is 0 Å². The molecule has 0 saturated carbocycles. The molecule has 0 saturated heterocycles. The van der Waals surface area contributed by atoms with Crippen LogP contribution < -0.4 is 4.74 Å². The van der Waals surface area contributed by atoms with Crippen molar-refractivity contribution in [2.24, 2.45) is 0 Å². The zero-order chi connectivity index (χ0) is 13.9. The van der Waals surface area contributed by atoms with Gasteiger partial charge in [-0.15, -0.1) is 11.3 Å². The maximum atomic E-state index is 9.72. The van der Waals surface area contributed by atoms with E-state index in [4.69, 9.17) is 4.74 Å². The van der Waals surface area contributed by atoms with Gasteiger partial charge >= 0.3 is 0 Å². The number of benzene rings is 2. The molecule has 1 aromatic heterocycles. The van der Waals surface area contributed by atoms with E-state index in [1.54, 1.807) is 18.3 Å². The Morgan fingerprint density at radius 2 is 1.90 bits per heavy atom. The van der Waals surface area contributed by atoms with Crippen LogP contribution in [0.5, 0.6) is 5.75 Å². The molecule has 3 nitrogen and oxygen atoms in total. The average molecular weight is 285 g/mol. The second kappa shape index (κ2) is 5.61. The molecule has 0 amide bonds. The Hall–Kier alpha value is -1.91. The largest absolute Gasteiger partial charge is 0.486 e. The van der Waals surface area contributed by atoms with Crippen molar-refractivity contribution in [2.45, 2.75) is 19.6 Å². The zero-order valence-electron chi connectivity index (χ0n) is 11.1. The standard InChI is InChI=1S/C16H15NO2S/c1-11(18)12-6-2-4-8-14(12)19-10-16-17-13-7-3-5-9-15(13)20-16/h2-9,11,18H,10H2,1H3/t11-/m0/s1. The maximum absolute atomic E-state index is 9.72. The van der Waals surface area contributed by atoms with Crippen LogP contribution in [0.15, 0.2) is 48.5 Å². The highest BCUT2D eigenvalue weighted by atomic mass is 32.1. The van der Waals surface area contributed by atoms with E-state index in [0.717, 1.165) is 20.8 Å². The minimum absolute atomic E-state index is 0.420. The van der Waals surface area contributed by atoms with Crippen molar-refractivity contribution in [2.75, 3.05) is 0 Å². The Morgan fingerprint density at radius 1 is 1.15 bits per heavy atom. The third kappa shape index (κ3) is 2.66. The molecule has 0 aliphatic rings. The zero-order valence-corrected chi connectivity index (χ0v) is 11.9. The van der Waals surface area contributed by atoms with E-state index < -0.39 is 6.10 Å². The fourth-order valence-electron chi connectivity index (χ4n) is 2.08. The smallest absolute Gasteiger partial charge is 0.140 e. The summed E-state index contributed by atoms with van der Waals surface area (Å²) >= 11 is 1.63. The summed E-state index contributed by atoms with van der Waals surface area (Å²) in [7, 11) is 0. The van der Waals surface area contributed by atoms with Gasteiger partial charge in [-0.25, -0.2) is 4.98 Å². The maximum Gasteiger partial charge on any atom is 0.140 e. The quantitative estimate of drug-likeness (QED) is 0.789. The predicted octanol–water partition coefficient (Wildman–Crippen LogP) is 3.93. The number of aromatic nitrogens is 1. The van der Waals surface area contributed by atoms with Gasteiger partial charge in [0.1, 0.15) is 17.4 Å². The molecule has 3 aromatic rings. The van der Waals surface area contributed by atoms with Crippen LogP contribution in [0.3, 0.4) is 0 Å². The Bertz CT molecular complexity index is 688. The number of rotatable bonds is 4. The number of hydrogen-bond donors (Lipinski definition) is 1. The summed E-state index contributed by atoms with van der Waals surface area (Å²) < 4.78 is 6.96. The van der Waals surface area contributed by atoms with E-state index in [-0.39, 0.29) is 0 Å². The van der Waals surface area contributed by atoms with Crippen LogP contribution in [0.25, 0.3) is 10.2 Å². The average Bonchev–Trinajstić information content (AvgIpc) is 2.88. The molecule has 0 aliphatic carbocycles. The van der Waals surface area contributed by atoms with Crippen LogP contribution >= 0.6 is 11.3 Å². The van der Waals surface area contributed by atoms with Crippen LogP contribution in [0.2, 0.25) is 0 Å². The van der Waals surface area contributed by atoms with Crippen LogP contribution in [-0.2, 0) is 6.61 Å². The van der Waals surface area contributed by atoms with Gasteiger partial charge in [-0.1, -0.05) is 30.3 Å². The lowest BCUT2D eigenvalue weighted by Gasteiger charge is -2.12. The number of aliphatic hydroxyl groups is 1. The van der Waals surface area contributed by atoms with Gasteiger partial charge in [-0.05, 0) is 25.1 Å². The van der Waals surface area contributed by atoms with Crippen molar-refractivity contribution in [3.8, 4) is 5.75 Å². The summed E-state index contributed by atoms with van der Waals surface area (Å²) in [5.41, 5.74) is 1.80. The molecule has 1 heterocycles. The van der Waals surface area contributed by atoms with Gasteiger partial charge in [-0.2, -0.15) is 0 Å². The normalized spacial score (nSPS) is 12.5. The minimum Gasteiger partial charge on any atom is -0.486 e. The molecule has 102 valence electrons. The van der Waals surface area contributed by atoms with Gasteiger partial charge in [0.2, 0.25) is 0 Å². The number of para-hydroxylation sites is 2. The molecule has 1 atom stereocenters. The number of fused-ring (bicyclic) bond motifs is 1. The molecule has 0 radical (unpaired) electrons. The monoisotopic (exact) mass is 285 g/mol. The molecular formula is C16H15NO2S. The summed E-state index contributed by atoms with van der Waals surface area (Å²) in [5.74, 6) is 0.710. The first kappa shape index (κ1) is 13.1. The first-order valence-electron chi connectivity index (χ1n) is 6.48. The van der Waals surface area contributed by atoms with Gasteiger partial charge < -0.3 is 9.84 Å². The molecule has 0 bridgehead atoms. The number of aliphatic hydroxyl groups excluding tert-OH is 1. The highest BCUT2D eigenvalue weighted by Crippen LogP contribution is 2.27. The third-order valence-electron chi connectivity index (χ3n) is 3.06. The van der Waals surface area contributed by atoms with E-state index in [1.807, 2.05) is 42.5 Å². The highest BCUT2D eigenvalue weighted by Gasteiger charge is 2.09. The van der Waals surface area contributed by atoms with Crippen molar-refractivity contribution in [3.63, 3.8) is 0 Å². The number of thiazole rings is 1. The van der Waals surface area contributed by atoms with E-state index in [1.165, 1.54) is 0 Å². The molecular weight excluding hydrogens is 270 g/mol. The fraction of sp³-hybridized carbons (Fsp3) is 0.188. The summed E-state index contributed by atoms with van der Waals surface area (Å²) in [6.45, 7) is 2.16. The number of ether oxygens (including phenoxy) is 1. The molecule has 20 heavy (non-hydrogen) atoms. The Labute approximate surface area is 121 Å². The molecule has 1 N–H and O–H groups in total. The van der Waals surface area contributed by atoms with Gasteiger partial charge in [-0.3, -0.25) is 0 Å². The first-order chi connectivity index (χ1) is 9.74. The van der Waals surface area contributed by atoms with E-state index >= 15 is 0 Å². The second-order valence-electron chi connectivity index (χ2n) is 4.58. The first-order valence-corrected chi connectivity index (χ1v) is 7.30. The summed E-state index contributed by atoms with van der Waals surface area (Å²) in [5, 5.41) is 10.7. The van der Waals surface area contributed by atoms with Crippen LogP contribution in [0.1, 0.15) is 23.6 Å². The van der Waals surface area contributed by atoms with Gasteiger partial charge in [0, 0.05) is 5.56 Å². The predicted molar refractivity (Wildman–Crippen MR) is 81.0 cm³/mol. The molecule has 2 aromatic carbocycles. The summed E-state index contributed by atoms with van der Waals surface area (Å²) in [4.78, 5) is 4.53. The topological polar surface area (TPSA) is 42.4 Å². The van der Waals surface area contributed by atoms with Crippen molar-refractivity contribution in [1.29, 1.82) is 0 Å². The summed E-state index contributed by atoms with van der Waals surface area (Å²) in [6.07, 6.45) is -0.540. The molecule has 0 spiro atoms. The van der Waals surface area contributed by atoms with E-state index in [9.17, 15) is 5.11 Å². The van der Waals surface area contributed by atoms with Crippen LogP contribution in [-0.4, -0.2) is 10.1 Å². The lowest BCUT2D eigenvalue weighted by Crippen LogP contribution is -2.00. The number of nitrogens with zero attached hydrogens (tertiary/aromatic N) is 1. The Morgan fingerprint density at radius 3 is 2.70 bits per heavy atom. The van der Waals surface area contributed by atoms with Gasteiger partial charge in [0.15, 0.2) is 0 Å². The molecule has 3 rings (SSSR count). The Kier molecular flexibility index (Phi) is 3.67. The lowest BCUT2D eigenvalue weighted by atomic mass is 10.1. The highest BCUT2D eigenvalue weighted by molar-refractivity contribution is 7.18. The van der Waals surface area contributed by atoms with Crippen molar-refractivity contribution >= 4 is 21.6 Å². The Balaban J connectivity index is 1.79. The van der Waals surface area contributed by atoms with Crippen molar-refractivity contribution in [1.82, 2.24) is 4.98 Å². The lowest BCUT2D eigenvalue weighted by molar-refractivity contribution is 0.190. The van der Waals surface area contributed by atoms with Crippen molar-refractivity contribution in [3.05, 3.63) is 59.1 Å². The molecule has 4 heteroatoms. The molecule has 0 fully saturated rings. The van der Waals surface area contributed by atoms with Gasteiger partial charge in [0.25, 0.3) is 0 Å². The third-order valence-corrected chi connectivity index (χ3v) is 4.07. The minimum atomic E-state index is -0.540. The van der Waals surface area contributed by atoms with E-state index in [2.05, 4.69) is 11.1 Å². The van der Waals surface area contributed by atoms with E-state index in [0.29, 0.717) is 12.4 Å². The second-order valence-corrected chi connectivity index (χ2v) is 5.69. The van der Waals surface area contributed by atoms with Crippen molar-refractivity contribution < 1.29 is 9.84 Å². The summed E-state index contributed by atoms with van der Waals surface area (Å²) in [6, 6.07) is 15.6. The number of hydrogen-bond acceptors (Lipinski definition) is 4. The SMILES string of the molecule is C[C@H](O)c1ccccc1OCc1nc2ccccc2s1. The molecule has 0 unspecified atom stereocenters. The van der Waals surface area contributed by atoms with Crippen LogP contribution in [0, 0.1) is 0 Å². The molecule has 0 aliphatic heterocycles. The fourth-order valence-corrected chi connectivity index (χ4v) is 2.96. The van der Waals surface area contributed by atoms with Gasteiger partial charge in [0.05, 0.1) is 16.3 Å².